The Kier molecular flexibility index (Phi) is 4.90. The summed E-state index contributed by atoms with van der Waals surface area (Å²) in [5.41, 5.74) is 6.84. The fourth-order valence-corrected chi connectivity index (χ4v) is 2.99. The van der Waals surface area contributed by atoms with E-state index in [1.165, 1.54) is 31.0 Å². The molecule has 0 spiro atoms. The van der Waals surface area contributed by atoms with Crippen molar-refractivity contribution >= 4 is 11.6 Å². The molecule has 0 radical (unpaired) electrons. The van der Waals surface area contributed by atoms with Gasteiger partial charge in [0.05, 0.1) is 4.92 Å². The lowest BCUT2D eigenvalue weighted by atomic mass is 9.97. The number of amides is 1. The largest absolute Gasteiger partial charge is 0.348 e. The van der Waals surface area contributed by atoms with E-state index in [1.807, 2.05) is 0 Å². The smallest absolute Gasteiger partial charge is 0.269 e. The number of benzene rings is 1. The summed E-state index contributed by atoms with van der Waals surface area (Å²) in [7, 11) is 0. The average Bonchev–Trinajstić information content (AvgIpc) is 2.98. The van der Waals surface area contributed by atoms with Gasteiger partial charge < -0.3 is 11.1 Å². The van der Waals surface area contributed by atoms with Crippen LogP contribution in [0.1, 0.15) is 41.6 Å². The highest BCUT2D eigenvalue weighted by atomic mass is 16.6. The number of nitro groups is 1. The lowest BCUT2D eigenvalue weighted by Crippen LogP contribution is -2.44. The highest BCUT2D eigenvalue weighted by molar-refractivity contribution is 5.96. The number of non-ortho nitro benzene ring substituents is 1. The van der Waals surface area contributed by atoms with E-state index in [-0.39, 0.29) is 17.6 Å². The molecule has 0 aliphatic heterocycles. The summed E-state index contributed by atoms with van der Waals surface area (Å²) in [5, 5.41) is 13.7. The van der Waals surface area contributed by atoms with Crippen LogP contribution in [0.5, 0.6) is 0 Å². The molecule has 1 unspecified atom stereocenters. The average molecular weight is 291 g/mol. The van der Waals surface area contributed by atoms with E-state index >= 15 is 0 Å². The predicted octanol–water partition coefficient (Wildman–Crippen LogP) is 2.15. The number of aryl methyl sites for hydroxylation is 1. The van der Waals surface area contributed by atoms with Crippen LogP contribution in [0, 0.1) is 23.0 Å². The second kappa shape index (κ2) is 6.67. The minimum atomic E-state index is -0.462. The number of rotatable bonds is 5. The summed E-state index contributed by atoms with van der Waals surface area (Å²) in [5.74, 6) is 0.238. The standard InChI is InChI=1S/C15H21N3O3/c1-10-8-12(18(20)21)6-7-13(10)15(19)17-14(9-16)11-4-2-3-5-11/h6-8,11,14H,2-5,9,16H2,1H3,(H,17,19). The highest BCUT2D eigenvalue weighted by Crippen LogP contribution is 2.27. The Morgan fingerprint density at radius 1 is 1.48 bits per heavy atom. The summed E-state index contributed by atoms with van der Waals surface area (Å²) in [4.78, 5) is 22.6. The van der Waals surface area contributed by atoms with Gasteiger partial charge in [0.2, 0.25) is 0 Å². The molecular formula is C15H21N3O3. The van der Waals surface area contributed by atoms with Crippen LogP contribution < -0.4 is 11.1 Å². The molecule has 1 saturated carbocycles. The normalized spacial score (nSPS) is 16.7. The van der Waals surface area contributed by atoms with Crippen molar-refractivity contribution in [2.24, 2.45) is 11.7 Å². The minimum absolute atomic E-state index is 0.00443. The van der Waals surface area contributed by atoms with E-state index in [9.17, 15) is 14.9 Å². The number of hydrogen-bond acceptors (Lipinski definition) is 4. The zero-order valence-corrected chi connectivity index (χ0v) is 12.2. The topological polar surface area (TPSA) is 98.3 Å². The third-order valence-electron chi connectivity index (χ3n) is 4.20. The Labute approximate surface area is 123 Å². The van der Waals surface area contributed by atoms with E-state index in [4.69, 9.17) is 5.73 Å². The van der Waals surface area contributed by atoms with Crippen molar-refractivity contribution in [1.82, 2.24) is 5.32 Å². The van der Waals surface area contributed by atoms with Crippen molar-refractivity contribution < 1.29 is 9.72 Å². The van der Waals surface area contributed by atoms with Crippen molar-refractivity contribution in [3.8, 4) is 0 Å². The number of nitrogens with zero attached hydrogens (tertiary/aromatic N) is 1. The predicted molar refractivity (Wildman–Crippen MR) is 80.1 cm³/mol. The maximum Gasteiger partial charge on any atom is 0.269 e. The van der Waals surface area contributed by atoms with Gasteiger partial charge in [0.25, 0.3) is 11.6 Å². The Morgan fingerprint density at radius 3 is 2.67 bits per heavy atom. The summed E-state index contributed by atoms with van der Waals surface area (Å²) in [6.45, 7) is 2.12. The molecule has 0 heterocycles. The molecule has 114 valence electrons. The van der Waals surface area contributed by atoms with Gasteiger partial charge in [-0.2, -0.15) is 0 Å². The molecule has 2 rings (SSSR count). The maximum atomic E-state index is 12.3. The van der Waals surface area contributed by atoms with Crippen LogP contribution in [0.4, 0.5) is 5.69 Å². The molecule has 1 aromatic carbocycles. The summed E-state index contributed by atoms with van der Waals surface area (Å²) < 4.78 is 0. The monoisotopic (exact) mass is 291 g/mol. The van der Waals surface area contributed by atoms with Crippen molar-refractivity contribution in [1.29, 1.82) is 0 Å². The summed E-state index contributed by atoms with van der Waals surface area (Å²) in [6.07, 6.45) is 4.57. The molecule has 21 heavy (non-hydrogen) atoms. The van der Waals surface area contributed by atoms with Gasteiger partial charge in [-0.1, -0.05) is 12.8 Å². The van der Waals surface area contributed by atoms with Gasteiger partial charge in [0, 0.05) is 30.3 Å². The molecule has 0 saturated heterocycles. The Bertz CT molecular complexity index is 539. The van der Waals surface area contributed by atoms with Crippen molar-refractivity contribution in [2.75, 3.05) is 6.54 Å². The van der Waals surface area contributed by atoms with Crippen LogP contribution in [0.2, 0.25) is 0 Å². The molecule has 1 atom stereocenters. The van der Waals surface area contributed by atoms with Gasteiger partial charge in [0.1, 0.15) is 0 Å². The molecule has 1 fully saturated rings. The van der Waals surface area contributed by atoms with Crippen LogP contribution in [0.3, 0.4) is 0 Å². The lowest BCUT2D eigenvalue weighted by Gasteiger charge is -2.23. The first-order valence-corrected chi connectivity index (χ1v) is 7.29. The number of carbonyl (C=O) groups is 1. The SMILES string of the molecule is Cc1cc([N+](=O)[O-])ccc1C(=O)NC(CN)C1CCCC1. The van der Waals surface area contributed by atoms with Gasteiger partial charge in [-0.15, -0.1) is 0 Å². The first-order chi connectivity index (χ1) is 10.0. The van der Waals surface area contributed by atoms with E-state index in [1.54, 1.807) is 6.92 Å². The maximum absolute atomic E-state index is 12.3. The lowest BCUT2D eigenvalue weighted by molar-refractivity contribution is -0.384. The number of carbonyl (C=O) groups excluding carboxylic acids is 1. The second-order valence-corrected chi connectivity index (χ2v) is 5.62. The van der Waals surface area contributed by atoms with E-state index in [0.29, 0.717) is 23.6 Å². The third kappa shape index (κ3) is 3.58. The summed E-state index contributed by atoms with van der Waals surface area (Å²) in [6, 6.07) is 4.26. The van der Waals surface area contributed by atoms with E-state index in [0.717, 1.165) is 12.8 Å². The Hall–Kier alpha value is -1.95. The van der Waals surface area contributed by atoms with Gasteiger partial charge in [-0.05, 0) is 37.3 Å². The van der Waals surface area contributed by atoms with Crippen molar-refractivity contribution in [2.45, 2.75) is 38.6 Å². The molecule has 6 heteroatoms. The molecule has 1 amide bonds. The van der Waals surface area contributed by atoms with Gasteiger partial charge in [-0.3, -0.25) is 14.9 Å². The fourth-order valence-electron chi connectivity index (χ4n) is 2.99. The third-order valence-corrected chi connectivity index (χ3v) is 4.20. The second-order valence-electron chi connectivity index (χ2n) is 5.62. The highest BCUT2D eigenvalue weighted by Gasteiger charge is 2.26. The molecule has 1 aromatic rings. The minimum Gasteiger partial charge on any atom is -0.348 e. The van der Waals surface area contributed by atoms with Crippen LogP contribution in [0.25, 0.3) is 0 Å². The first-order valence-electron chi connectivity index (χ1n) is 7.29. The molecule has 1 aliphatic rings. The fraction of sp³-hybridized carbons (Fsp3) is 0.533. The molecule has 3 N–H and O–H groups in total. The van der Waals surface area contributed by atoms with Crippen LogP contribution >= 0.6 is 0 Å². The number of nitrogens with two attached hydrogens (primary N) is 1. The quantitative estimate of drug-likeness (QED) is 0.641. The number of nitro benzene ring substituents is 1. The Balaban J connectivity index is 2.10. The molecule has 0 bridgehead atoms. The number of nitrogens with one attached hydrogen (secondary N) is 1. The van der Waals surface area contributed by atoms with Gasteiger partial charge in [-0.25, -0.2) is 0 Å². The molecular weight excluding hydrogens is 270 g/mol. The first kappa shape index (κ1) is 15.4. The van der Waals surface area contributed by atoms with Crippen LogP contribution in [0.15, 0.2) is 18.2 Å². The van der Waals surface area contributed by atoms with Crippen molar-refractivity contribution in [3.05, 3.63) is 39.4 Å². The summed E-state index contributed by atoms with van der Waals surface area (Å²) >= 11 is 0. The van der Waals surface area contributed by atoms with Gasteiger partial charge in [0.15, 0.2) is 0 Å². The van der Waals surface area contributed by atoms with E-state index in [2.05, 4.69) is 5.32 Å². The molecule has 6 nitrogen and oxygen atoms in total. The number of hydrogen-bond donors (Lipinski definition) is 2. The zero-order chi connectivity index (χ0) is 15.4. The molecule has 1 aliphatic carbocycles. The van der Waals surface area contributed by atoms with Crippen LogP contribution in [-0.2, 0) is 0 Å². The van der Waals surface area contributed by atoms with Crippen LogP contribution in [-0.4, -0.2) is 23.4 Å². The molecule has 0 aromatic heterocycles. The zero-order valence-electron chi connectivity index (χ0n) is 12.2. The van der Waals surface area contributed by atoms with E-state index < -0.39 is 4.92 Å². The van der Waals surface area contributed by atoms with Crippen molar-refractivity contribution in [3.63, 3.8) is 0 Å². The Morgan fingerprint density at radius 2 is 2.14 bits per heavy atom. The van der Waals surface area contributed by atoms with Gasteiger partial charge >= 0.3 is 0 Å².